The van der Waals surface area contributed by atoms with Crippen LogP contribution in [0.1, 0.15) is 5.56 Å². The Bertz CT molecular complexity index is 445. The van der Waals surface area contributed by atoms with Crippen LogP contribution in [0.15, 0.2) is 24.3 Å². The first-order valence-electron chi connectivity index (χ1n) is 4.60. The van der Waals surface area contributed by atoms with Crippen LogP contribution in [-0.4, -0.2) is 18.2 Å². The van der Waals surface area contributed by atoms with Gasteiger partial charge in [0.05, 0.1) is 0 Å². The van der Waals surface area contributed by atoms with Crippen molar-refractivity contribution in [2.75, 3.05) is 0 Å². The van der Waals surface area contributed by atoms with Gasteiger partial charge in [-0.2, -0.15) is 13.2 Å². The number of amides is 1. The Kier molecular flexibility index (Phi) is 4.93. The van der Waals surface area contributed by atoms with E-state index >= 15 is 0 Å². The molecule has 98 valence electrons. The van der Waals surface area contributed by atoms with Crippen LogP contribution in [0, 0.1) is 3.57 Å². The number of carbonyl (C=O) groups excluding carboxylic acids is 2. The zero-order valence-corrected chi connectivity index (χ0v) is 10.9. The molecule has 0 aliphatic rings. The number of benzene rings is 1. The molecule has 1 N–H and O–H groups in total. The summed E-state index contributed by atoms with van der Waals surface area (Å²) in [7, 11) is 0. The van der Waals surface area contributed by atoms with E-state index in [0.717, 1.165) is 3.57 Å². The zero-order chi connectivity index (χ0) is 13.8. The summed E-state index contributed by atoms with van der Waals surface area (Å²) in [6.45, 7) is -0.0269. The van der Waals surface area contributed by atoms with Gasteiger partial charge in [-0.25, -0.2) is 9.59 Å². The second-order valence-corrected chi connectivity index (χ2v) is 4.40. The molecule has 8 heteroatoms. The van der Waals surface area contributed by atoms with E-state index in [1.54, 1.807) is 24.3 Å². The van der Waals surface area contributed by atoms with Crippen LogP contribution in [0.5, 0.6) is 0 Å². The molecule has 1 aromatic carbocycles. The average molecular weight is 373 g/mol. The summed E-state index contributed by atoms with van der Waals surface area (Å²) in [5, 5.41) is 2.04. The lowest BCUT2D eigenvalue weighted by Crippen LogP contribution is -2.33. The lowest BCUT2D eigenvalue weighted by Gasteiger charge is -2.07. The number of rotatable bonds is 2. The second kappa shape index (κ2) is 6.03. The summed E-state index contributed by atoms with van der Waals surface area (Å²) in [4.78, 5) is 21.2. The molecular formula is C10H7F3INO3. The Morgan fingerprint density at radius 1 is 1.22 bits per heavy atom. The minimum Gasteiger partial charge on any atom is -0.369 e. The van der Waals surface area contributed by atoms with Gasteiger partial charge in [0.15, 0.2) is 0 Å². The lowest BCUT2D eigenvalue weighted by molar-refractivity contribution is -0.192. The van der Waals surface area contributed by atoms with Gasteiger partial charge in [-0.15, -0.1) is 0 Å². The Morgan fingerprint density at radius 3 is 2.28 bits per heavy atom. The third-order valence-corrected chi connectivity index (χ3v) is 2.49. The molecule has 0 unspecified atom stereocenters. The third-order valence-electron chi connectivity index (χ3n) is 1.77. The molecule has 0 atom stereocenters. The molecule has 0 aromatic heterocycles. The normalized spacial score (nSPS) is 10.9. The Labute approximate surface area is 114 Å². The van der Waals surface area contributed by atoms with Crippen LogP contribution >= 0.6 is 22.6 Å². The molecule has 1 amide bonds. The fraction of sp³-hybridized carbons (Fsp3) is 0.200. The van der Waals surface area contributed by atoms with Crippen molar-refractivity contribution in [3.63, 3.8) is 0 Å². The van der Waals surface area contributed by atoms with E-state index in [-0.39, 0.29) is 6.54 Å². The summed E-state index contributed by atoms with van der Waals surface area (Å²) in [6, 6.07) is 6.91. The number of esters is 1. The van der Waals surface area contributed by atoms with Crippen molar-refractivity contribution in [2.24, 2.45) is 0 Å². The van der Waals surface area contributed by atoms with Gasteiger partial charge in [-0.1, -0.05) is 12.1 Å². The standard InChI is InChI=1S/C10H7F3INO3/c11-10(12,13)8(16)18-9(17)15-5-6-1-3-7(14)4-2-6/h1-4H,5H2,(H,15,17). The highest BCUT2D eigenvalue weighted by Crippen LogP contribution is 2.16. The van der Waals surface area contributed by atoms with E-state index in [9.17, 15) is 22.8 Å². The van der Waals surface area contributed by atoms with Crippen molar-refractivity contribution in [3.8, 4) is 0 Å². The quantitative estimate of drug-likeness (QED) is 0.493. The molecule has 0 aliphatic carbocycles. The predicted octanol–water partition coefficient (Wildman–Crippen LogP) is 2.61. The van der Waals surface area contributed by atoms with Crippen LogP contribution < -0.4 is 5.32 Å². The van der Waals surface area contributed by atoms with Crippen molar-refractivity contribution in [1.82, 2.24) is 5.32 Å². The van der Waals surface area contributed by atoms with Gasteiger partial charge in [-0.3, -0.25) is 0 Å². The molecule has 0 radical (unpaired) electrons. The summed E-state index contributed by atoms with van der Waals surface area (Å²) < 4.78 is 39.8. The van der Waals surface area contributed by atoms with Gasteiger partial charge in [0.1, 0.15) is 0 Å². The Balaban J connectivity index is 2.42. The molecule has 0 fully saturated rings. The minimum atomic E-state index is -5.18. The van der Waals surface area contributed by atoms with Gasteiger partial charge < -0.3 is 10.1 Å². The topological polar surface area (TPSA) is 55.4 Å². The number of hydrogen-bond acceptors (Lipinski definition) is 3. The van der Waals surface area contributed by atoms with Crippen LogP contribution in [0.3, 0.4) is 0 Å². The molecule has 0 saturated heterocycles. The summed E-state index contributed by atoms with van der Waals surface area (Å²) in [6.07, 6.45) is -6.61. The second-order valence-electron chi connectivity index (χ2n) is 3.15. The fourth-order valence-electron chi connectivity index (χ4n) is 0.955. The number of alkyl halides is 3. The summed E-state index contributed by atoms with van der Waals surface area (Å²) in [5.41, 5.74) is 0.673. The van der Waals surface area contributed by atoms with E-state index in [2.05, 4.69) is 27.3 Å². The first-order valence-corrected chi connectivity index (χ1v) is 5.68. The largest absolute Gasteiger partial charge is 0.491 e. The molecule has 0 spiro atoms. The maximum absolute atomic E-state index is 11.8. The van der Waals surface area contributed by atoms with Crippen LogP contribution in [0.2, 0.25) is 0 Å². The lowest BCUT2D eigenvalue weighted by atomic mass is 10.2. The first-order chi connectivity index (χ1) is 8.29. The smallest absolute Gasteiger partial charge is 0.369 e. The first kappa shape index (κ1) is 14.7. The Morgan fingerprint density at radius 2 is 1.78 bits per heavy atom. The number of ether oxygens (including phenoxy) is 1. The van der Waals surface area contributed by atoms with Gasteiger partial charge in [-0.05, 0) is 40.3 Å². The monoisotopic (exact) mass is 373 g/mol. The fourth-order valence-corrected chi connectivity index (χ4v) is 1.31. The zero-order valence-electron chi connectivity index (χ0n) is 8.75. The highest BCUT2D eigenvalue weighted by atomic mass is 127. The number of halogens is 4. The highest BCUT2D eigenvalue weighted by Gasteiger charge is 2.42. The summed E-state index contributed by atoms with van der Waals surface area (Å²) >= 11 is 2.08. The van der Waals surface area contributed by atoms with Crippen LogP contribution in [0.25, 0.3) is 0 Å². The highest BCUT2D eigenvalue weighted by molar-refractivity contribution is 14.1. The maximum atomic E-state index is 11.8. The molecule has 0 bridgehead atoms. The van der Waals surface area contributed by atoms with Crippen LogP contribution in [-0.2, 0) is 16.1 Å². The SMILES string of the molecule is O=C(NCc1ccc(I)cc1)OC(=O)C(F)(F)F. The molecule has 1 rings (SSSR count). The average Bonchev–Trinajstić information content (AvgIpc) is 2.27. The maximum Gasteiger partial charge on any atom is 0.491 e. The number of nitrogens with one attached hydrogen (secondary N) is 1. The van der Waals surface area contributed by atoms with Gasteiger partial charge >= 0.3 is 18.2 Å². The third kappa shape index (κ3) is 4.90. The van der Waals surface area contributed by atoms with E-state index in [0.29, 0.717) is 5.56 Å². The van der Waals surface area contributed by atoms with Gasteiger partial charge in [0.25, 0.3) is 0 Å². The molecule has 0 saturated carbocycles. The van der Waals surface area contributed by atoms with Crippen molar-refractivity contribution in [2.45, 2.75) is 12.7 Å². The van der Waals surface area contributed by atoms with Crippen LogP contribution in [0.4, 0.5) is 18.0 Å². The summed E-state index contributed by atoms with van der Waals surface area (Å²) in [5.74, 6) is -2.54. The Hall–Kier alpha value is -1.32. The molecular weight excluding hydrogens is 366 g/mol. The van der Waals surface area contributed by atoms with Gasteiger partial charge in [0.2, 0.25) is 0 Å². The number of alkyl carbamates (subject to hydrolysis) is 1. The number of hydrogen-bond donors (Lipinski definition) is 1. The molecule has 18 heavy (non-hydrogen) atoms. The van der Waals surface area contributed by atoms with E-state index < -0.39 is 18.2 Å². The van der Waals surface area contributed by atoms with E-state index in [4.69, 9.17) is 0 Å². The molecule has 0 heterocycles. The van der Waals surface area contributed by atoms with E-state index in [1.807, 2.05) is 5.32 Å². The molecule has 4 nitrogen and oxygen atoms in total. The van der Waals surface area contributed by atoms with Crippen molar-refractivity contribution < 1.29 is 27.5 Å². The van der Waals surface area contributed by atoms with Crippen molar-refractivity contribution in [3.05, 3.63) is 33.4 Å². The van der Waals surface area contributed by atoms with Crippen molar-refractivity contribution >= 4 is 34.7 Å². The van der Waals surface area contributed by atoms with E-state index in [1.165, 1.54) is 0 Å². The predicted molar refractivity (Wildman–Crippen MR) is 63.5 cm³/mol. The number of carbonyl (C=O) groups is 2. The molecule has 1 aromatic rings. The molecule has 0 aliphatic heterocycles. The van der Waals surface area contributed by atoms with Crippen molar-refractivity contribution in [1.29, 1.82) is 0 Å². The van der Waals surface area contributed by atoms with Gasteiger partial charge in [0, 0.05) is 10.1 Å². The minimum absolute atomic E-state index is 0.0269.